The highest BCUT2D eigenvalue weighted by molar-refractivity contribution is 6.30. The van der Waals surface area contributed by atoms with Crippen LogP contribution in [0.3, 0.4) is 0 Å². The van der Waals surface area contributed by atoms with Crippen molar-refractivity contribution in [3.05, 3.63) is 74.8 Å². The van der Waals surface area contributed by atoms with E-state index in [-0.39, 0.29) is 17.0 Å². The molecule has 0 bridgehead atoms. The van der Waals surface area contributed by atoms with Gasteiger partial charge in [-0.25, -0.2) is 0 Å². The van der Waals surface area contributed by atoms with Crippen molar-refractivity contribution < 1.29 is 4.79 Å². The Morgan fingerprint density at radius 3 is 2.79 bits per heavy atom. The fraction of sp³-hybridized carbons (Fsp3) is 0.238. The predicted octanol–water partition coefficient (Wildman–Crippen LogP) is 3.99. The molecule has 0 amide bonds. The van der Waals surface area contributed by atoms with Crippen molar-refractivity contribution in [2.24, 2.45) is 0 Å². The van der Waals surface area contributed by atoms with E-state index in [1.807, 2.05) is 37.3 Å². The lowest BCUT2D eigenvalue weighted by Gasteiger charge is -2.07. The number of aromatic nitrogens is 4. The summed E-state index contributed by atoms with van der Waals surface area (Å²) in [5, 5.41) is 8.81. The highest BCUT2D eigenvalue weighted by Gasteiger charge is 2.14. The molecule has 0 atom stereocenters. The molecule has 0 radical (unpaired) electrons. The van der Waals surface area contributed by atoms with Crippen LogP contribution in [0.5, 0.6) is 0 Å². The van der Waals surface area contributed by atoms with E-state index in [1.54, 1.807) is 16.5 Å². The van der Waals surface area contributed by atoms with Crippen LogP contribution >= 0.6 is 11.6 Å². The Bertz CT molecular complexity index is 1240. The molecule has 0 unspecified atom stereocenters. The van der Waals surface area contributed by atoms with Crippen molar-refractivity contribution in [2.45, 2.75) is 32.6 Å². The number of Topliss-reactive ketones (excluding diaryl/α,β-unsaturated/α-hetero) is 1. The largest absolute Gasteiger partial charge is 0.317 e. The Hall–Kier alpha value is -2.99. The number of carbonyl (C=O) groups excluding carboxylic acids is 1. The van der Waals surface area contributed by atoms with Gasteiger partial charge in [-0.2, -0.15) is 0 Å². The van der Waals surface area contributed by atoms with Gasteiger partial charge in [-0.15, -0.1) is 10.2 Å². The fourth-order valence-corrected chi connectivity index (χ4v) is 3.59. The van der Waals surface area contributed by atoms with E-state index >= 15 is 0 Å². The summed E-state index contributed by atoms with van der Waals surface area (Å²) in [6.45, 7) is 2.05. The molecule has 4 aromatic rings. The SMILES string of the molecule is CCCc1nnc2c(=O)[nH]c3cc(C(=O)CCc4cccc(Cl)c4)ccc3n12. The third-order valence-electron chi connectivity index (χ3n) is 4.74. The number of hydrogen-bond acceptors (Lipinski definition) is 4. The van der Waals surface area contributed by atoms with Crippen LogP contribution in [-0.4, -0.2) is 25.4 Å². The minimum Gasteiger partial charge on any atom is -0.317 e. The van der Waals surface area contributed by atoms with E-state index in [2.05, 4.69) is 15.2 Å². The van der Waals surface area contributed by atoms with Crippen molar-refractivity contribution >= 4 is 34.1 Å². The van der Waals surface area contributed by atoms with E-state index in [0.29, 0.717) is 28.9 Å². The average Bonchev–Trinajstić information content (AvgIpc) is 3.11. The molecule has 7 heteroatoms. The lowest BCUT2D eigenvalue weighted by atomic mass is 10.0. The van der Waals surface area contributed by atoms with Crippen LogP contribution in [0.15, 0.2) is 47.3 Å². The molecule has 4 rings (SSSR count). The highest BCUT2D eigenvalue weighted by Crippen LogP contribution is 2.18. The number of H-pyrrole nitrogens is 1. The van der Waals surface area contributed by atoms with E-state index in [1.165, 1.54) is 0 Å². The van der Waals surface area contributed by atoms with Crippen LogP contribution in [0.1, 0.15) is 41.5 Å². The Balaban J connectivity index is 1.67. The van der Waals surface area contributed by atoms with Gasteiger partial charge in [0.1, 0.15) is 5.82 Å². The molecule has 0 fully saturated rings. The van der Waals surface area contributed by atoms with Gasteiger partial charge < -0.3 is 4.98 Å². The number of hydrogen-bond donors (Lipinski definition) is 1. The van der Waals surface area contributed by atoms with E-state index in [4.69, 9.17) is 11.6 Å². The number of carbonyl (C=O) groups is 1. The molecule has 0 saturated heterocycles. The molecule has 142 valence electrons. The molecule has 1 N–H and O–H groups in total. The molecule has 0 aliphatic heterocycles. The number of fused-ring (bicyclic) bond motifs is 3. The second-order valence-corrected chi connectivity index (χ2v) is 7.20. The molecule has 28 heavy (non-hydrogen) atoms. The summed E-state index contributed by atoms with van der Waals surface area (Å²) in [4.78, 5) is 27.8. The molecule has 0 aliphatic carbocycles. The second-order valence-electron chi connectivity index (χ2n) is 6.76. The quantitative estimate of drug-likeness (QED) is 0.501. The van der Waals surface area contributed by atoms with Gasteiger partial charge >= 0.3 is 0 Å². The summed E-state index contributed by atoms with van der Waals surface area (Å²) in [6.07, 6.45) is 2.60. The maximum Gasteiger partial charge on any atom is 0.294 e. The fourth-order valence-electron chi connectivity index (χ4n) is 3.38. The lowest BCUT2D eigenvalue weighted by molar-refractivity contribution is 0.0983. The first-order chi connectivity index (χ1) is 13.6. The zero-order chi connectivity index (χ0) is 19.7. The number of aromatic amines is 1. The van der Waals surface area contributed by atoms with Gasteiger partial charge in [-0.3, -0.25) is 14.0 Å². The van der Waals surface area contributed by atoms with E-state index in [9.17, 15) is 9.59 Å². The average molecular weight is 395 g/mol. The molecule has 2 aromatic carbocycles. The number of nitrogens with zero attached hydrogens (tertiary/aromatic N) is 3. The Kier molecular flexibility index (Phi) is 4.96. The third-order valence-corrected chi connectivity index (χ3v) is 4.98. The van der Waals surface area contributed by atoms with Gasteiger partial charge in [0.05, 0.1) is 11.0 Å². The van der Waals surface area contributed by atoms with Crippen molar-refractivity contribution in [1.29, 1.82) is 0 Å². The van der Waals surface area contributed by atoms with Gasteiger partial charge in [0.2, 0.25) is 5.65 Å². The van der Waals surface area contributed by atoms with E-state index in [0.717, 1.165) is 29.7 Å². The van der Waals surface area contributed by atoms with Crippen LogP contribution in [0.25, 0.3) is 16.7 Å². The Labute approximate surface area is 166 Å². The summed E-state index contributed by atoms with van der Waals surface area (Å²) in [5.74, 6) is 0.758. The number of rotatable bonds is 6. The van der Waals surface area contributed by atoms with Gasteiger partial charge in [0, 0.05) is 23.4 Å². The Morgan fingerprint density at radius 2 is 2.00 bits per heavy atom. The molecular weight excluding hydrogens is 376 g/mol. The van der Waals surface area contributed by atoms with Crippen LogP contribution in [-0.2, 0) is 12.8 Å². The normalized spacial score (nSPS) is 11.4. The summed E-state index contributed by atoms with van der Waals surface area (Å²) in [5.41, 5.74) is 2.93. The first-order valence-electron chi connectivity index (χ1n) is 9.24. The maximum atomic E-state index is 12.7. The van der Waals surface area contributed by atoms with Crippen LogP contribution in [0.2, 0.25) is 5.02 Å². The third kappa shape index (κ3) is 3.43. The molecule has 6 nitrogen and oxygen atoms in total. The number of benzene rings is 2. The van der Waals surface area contributed by atoms with Crippen molar-refractivity contribution in [2.75, 3.05) is 0 Å². The smallest absolute Gasteiger partial charge is 0.294 e. The highest BCUT2D eigenvalue weighted by atomic mass is 35.5. The summed E-state index contributed by atoms with van der Waals surface area (Å²) in [7, 11) is 0. The lowest BCUT2D eigenvalue weighted by Crippen LogP contribution is -2.12. The standard InChI is InChI=1S/C21H19ClN4O2/c1-2-4-19-24-25-20-21(28)23-16-12-14(8-9-17(16)26(19)20)18(27)10-7-13-5-3-6-15(22)11-13/h3,5-6,8-9,11-12H,2,4,7,10H2,1H3,(H,23,28). The topological polar surface area (TPSA) is 80.1 Å². The van der Waals surface area contributed by atoms with E-state index < -0.39 is 0 Å². The number of ketones is 1. The van der Waals surface area contributed by atoms with Crippen LogP contribution < -0.4 is 5.56 Å². The molecule has 2 heterocycles. The van der Waals surface area contributed by atoms with Crippen LogP contribution in [0, 0.1) is 0 Å². The van der Waals surface area contributed by atoms with Gasteiger partial charge in [0.25, 0.3) is 5.56 Å². The summed E-state index contributed by atoms with van der Waals surface area (Å²) < 4.78 is 1.78. The summed E-state index contributed by atoms with van der Waals surface area (Å²) >= 11 is 6.00. The van der Waals surface area contributed by atoms with Crippen LogP contribution in [0.4, 0.5) is 0 Å². The van der Waals surface area contributed by atoms with Crippen molar-refractivity contribution in [1.82, 2.24) is 19.6 Å². The molecular formula is C21H19ClN4O2. The number of nitrogens with one attached hydrogen (secondary N) is 1. The summed E-state index contributed by atoms with van der Waals surface area (Å²) in [6, 6.07) is 12.9. The van der Waals surface area contributed by atoms with Gasteiger partial charge in [0.15, 0.2) is 5.78 Å². The zero-order valence-corrected chi connectivity index (χ0v) is 16.2. The zero-order valence-electron chi connectivity index (χ0n) is 15.4. The first-order valence-corrected chi connectivity index (χ1v) is 9.62. The minimum absolute atomic E-state index is 0.0142. The van der Waals surface area contributed by atoms with Crippen molar-refractivity contribution in [3.8, 4) is 0 Å². The molecule has 0 aliphatic rings. The predicted molar refractivity (Wildman–Crippen MR) is 109 cm³/mol. The monoisotopic (exact) mass is 394 g/mol. The number of aryl methyl sites for hydroxylation is 2. The Morgan fingerprint density at radius 1 is 1.14 bits per heavy atom. The molecule has 2 aromatic heterocycles. The van der Waals surface area contributed by atoms with Crippen molar-refractivity contribution in [3.63, 3.8) is 0 Å². The molecule has 0 saturated carbocycles. The molecule has 0 spiro atoms. The second kappa shape index (κ2) is 7.56. The first kappa shape index (κ1) is 18.4. The maximum absolute atomic E-state index is 12.7. The number of halogens is 1. The van der Waals surface area contributed by atoms with Gasteiger partial charge in [-0.05, 0) is 48.7 Å². The minimum atomic E-state index is -0.314. The van der Waals surface area contributed by atoms with Gasteiger partial charge in [-0.1, -0.05) is 30.7 Å².